The Bertz CT molecular complexity index is 1140. The fraction of sp³-hybridized carbons (Fsp3) is 0.200. The number of benzene rings is 1. The lowest BCUT2D eigenvalue weighted by molar-refractivity contribution is -0.117. The fourth-order valence-electron chi connectivity index (χ4n) is 3.34. The van der Waals surface area contributed by atoms with Gasteiger partial charge in [-0.1, -0.05) is 0 Å². The number of carbonyl (C=O) groups excluding carboxylic acids is 1. The molecule has 1 aliphatic carbocycles. The minimum Gasteiger partial charge on any atom is -0.392 e. The maximum atomic E-state index is 11.9. The lowest BCUT2D eigenvalue weighted by atomic mass is 10.0. The smallest absolute Gasteiger partial charge is 0.228 e. The molecule has 5 rings (SSSR count). The summed E-state index contributed by atoms with van der Waals surface area (Å²) in [6, 6.07) is 10.0. The monoisotopic (exact) mass is 346 g/mol. The zero-order valence-electron chi connectivity index (χ0n) is 14.1. The maximum Gasteiger partial charge on any atom is 0.228 e. The van der Waals surface area contributed by atoms with Gasteiger partial charge in [0.1, 0.15) is 5.65 Å². The Morgan fingerprint density at radius 2 is 2.12 bits per heavy atom. The van der Waals surface area contributed by atoms with E-state index in [0.717, 1.165) is 46.1 Å². The molecule has 26 heavy (non-hydrogen) atoms. The normalized spacial score (nSPS) is 14.2. The van der Waals surface area contributed by atoms with E-state index in [1.807, 2.05) is 47.3 Å². The molecule has 1 aliphatic rings. The van der Waals surface area contributed by atoms with Crippen LogP contribution >= 0.6 is 0 Å². The second-order valence-corrected chi connectivity index (χ2v) is 6.81. The van der Waals surface area contributed by atoms with Gasteiger partial charge in [0, 0.05) is 29.3 Å². The van der Waals surface area contributed by atoms with Crippen molar-refractivity contribution in [1.29, 1.82) is 0 Å². The molecule has 0 atom stereocenters. The first-order valence-electron chi connectivity index (χ1n) is 8.72. The Labute approximate surface area is 149 Å². The highest BCUT2D eigenvalue weighted by atomic mass is 16.3. The van der Waals surface area contributed by atoms with Crippen LogP contribution in [0.1, 0.15) is 18.4 Å². The number of nitrogens with one attached hydrogen (secondary N) is 2. The van der Waals surface area contributed by atoms with Crippen LogP contribution in [0.2, 0.25) is 0 Å². The number of rotatable bonds is 4. The van der Waals surface area contributed by atoms with Crippen LogP contribution in [0.4, 0.5) is 5.82 Å². The molecule has 0 saturated heterocycles. The molecule has 1 fully saturated rings. The summed E-state index contributed by atoms with van der Waals surface area (Å²) in [5.74, 6) is 0.788. The van der Waals surface area contributed by atoms with Gasteiger partial charge in [-0.05, 0) is 54.3 Å². The quantitative estimate of drug-likeness (QED) is 0.530. The number of aliphatic hydroxyl groups excluding tert-OH is 1. The molecule has 0 bridgehead atoms. The molecule has 6 nitrogen and oxygen atoms in total. The topological polar surface area (TPSA) is 82.4 Å². The molecule has 1 amide bonds. The number of carbonyl (C=O) groups is 1. The number of aromatic amines is 1. The van der Waals surface area contributed by atoms with Crippen LogP contribution in [0.5, 0.6) is 0 Å². The molecule has 0 radical (unpaired) electrons. The van der Waals surface area contributed by atoms with E-state index in [2.05, 4.69) is 21.4 Å². The van der Waals surface area contributed by atoms with E-state index in [9.17, 15) is 9.90 Å². The number of imidazole rings is 1. The first-order chi connectivity index (χ1) is 12.7. The van der Waals surface area contributed by atoms with Gasteiger partial charge >= 0.3 is 0 Å². The number of hydrogen-bond acceptors (Lipinski definition) is 3. The first-order valence-corrected chi connectivity index (χ1v) is 8.72. The summed E-state index contributed by atoms with van der Waals surface area (Å²) in [7, 11) is 0. The van der Waals surface area contributed by atoms with Gasteiger partial charge in [-0.25, -0.2) is 4.98 Å². The fourth-order valence-corrected chi connectivity index (χ4v) is 3.34. The number of hydrogen-bond donors (Lipinski definition) is 3. The minimum atomic E-state index is -0.0183. The van der Waals surface area contributed by atoms with Gasteiger partial charge in [0.2, 0.25) is 5.91 Å². The lowest BCUT2D eigenvalue weighted by Crippen LogP contribution is -2.13. The molecule has 3 aromatic heterocycles. The largest absolute Gasteiger partial charge is 0.392 e. The minimum absolute atomic E-state index is 0.0183. The predicted molar refractivity (Wildman–Crippen MR) is 99.8 cm³/mol. The zero-order valence-corrected chi connectivity index (χ0v) is 14.1. The first kappa shape index (κ1) is 15.2. The van der Waals surface area contributed by atoms with Gasteiger partial charge in [-0.3, -0.25) is 4.79 Å². The third-order valence-corrected chi connectivity index (χ3v) is 4.90. The molecule has 1 aromatic carbocycles. The van der Waals surface area contributed by atoms with Crippen molar-refractivity contribution in [3.63, 3.8) is 0 Å². The average Bonchev–Trinajstić information content (AvgIpc) is 3.26. The van der Waals surface area contributed by atoms with Crippen LogP contribution in [-0.2, 0) is 11.4 Å². The number of amides is 1. The molecule has 0 spiro atoms. The van der Waals surface area contributed by atoms with Crippen LogP contribution in [-0.4, -0.2) is 25.4 Å². The second kappa shape index (κ2) is 5.71. The highest BCUT2D eigenvalue weighted by Gasteiger charge is 2.29. The van der Waals surface area contributed by atoms with E-state index in [1.165, 1.54) is 0 Å². The third kappa shape index (κ3) is 2.55. The lowest BCUT2D eigenvalue weighted by Gasteiger charge is -2.07. The van der Waals surface area contributed by atoms with Crippen LogP contribution in [0, 0.1) is 5.92 Å². The molecule has 3 N–H and O–H groups in total. The van der Waals surface area contributed by atoms with Crippen molar-refractivity contribution in [2.24, 2.45) is 5.92 Å². The van der Waals surface area contributed by atoms with Crippen molar-refractivity contribution < 1.29 is 9.90 Å². The van der Waals surface area contributed by atoms with Gasteiger partial charge < -0.3 is 19.8 Å². The van der Waals surface area contributed by atoms with Gasteiger partial charge in [0.15, 0.2) is 5.82 Å². The maximum absolute atomic E-state index is 11.9. The van der Waals surface area contributed by atoms with Crippen LogP contribution in [0.3, 0.4) is 0 Å². The highest BCUT2D eigenvalue weighted by molar-refractivity contribution is 5.93. The van der Waals surface area contributed by atoms with E-state index < -0.39 is 0 Å². The molecule has 3 heterocycles. The molecule has 0 unspecified atom stereocenters. The summed E-state index contributed by atoms with van der Waals surface area (Å²) < 4.78 is 1.91. The summed E-state index contributed by atoms with van der Waals surface area (Å²) in [5, 5.41) is 13.6. The van der Waals surface area contributed by atoms with E-state index >= 15 is 0 Å². The molecular formula is C20H18N4O2. The molecule has 0 aliphatic heterocycles. The molecular weight excluding hydrogens is 328 g/mol. The summed E-state index contributed by atoms with van der Waals surface area (Å²) in [5.41, 5.74) is 4.66. The number of aliphatic hydroxyl groups is 1. The van der Waals surface area contributed by atoms with E-state index in [1.54, 1.807) is 0 Å². The van der Waals surface area contributed by atoms with Crippen molar-refractivity contribution in [1.82, 2.24) is 14.4 Å². The standard InChI is InChI=1S/C20H18N4O2/c25-11-16-8-15(7-13-5-6-21-19(13)16)14-3-4-18-22-17(10-24(18)9-14)23-20(26)12-1-2-12/h3-10,12,21,25H,1-2,11H2,(H,23,26). The molecule has 4 aromatic rings. The zero-order chi connectivity index (χ0) is 17.7. The number of anilines is 1. The number of aromatic nitrogens is 3. The second-order valence-electron chi connectivity index (χ2n) is 6.81. The van der Waals surface area contributed by atoms with Gasteiger partial charge in [0.05, 0.1) is 18.3 Å². The van der Waals surface area contributed by atoms with Crippen molar-refractivity contribution >= 4 is 28.3 Å². The van der Waals surface area contributed by atoms with Gasteiger partial charge in [-0.15, -0.1) is 0 Å². The van der Waals surface area contributed by atoms with Crippen molar-refractivity contribution in [2.45, 2.75) is 19.4 Å². The van der Waals surface area contributed by atoms with E-state index in [4.69, 9.17) is 0 Å². The van der Waals surface area contributed by atoms with Crippen LogP contribution in [0.25, 0.3) is 27.7 Å². The summed E-state index contributed by atoms with van der Waals surface area (Å²) >= 11 is 0. The van der Waals surface area contributed by atoms with Crippen molar-refractivity contribution in [3.8, 4) is 11.1 Å². The summed E-state index contributed by atoms with van der Waals surface area (Å²) in [6.45, 7) is -0.0183. The number of fused-ring (bicyclic) bond motifs is 2. The Kier molecular flexibility index (Phi) is 3.33. The Hall–Kier alpha value is -3.12. The van der Waals surface area contributed by atoms with E-state index in [-0.39, 0.29) is 18.4 Å². The summed E-state index contributed by atoms with van der Waals surface area (Å²) in [4.78, 5) is 19.5. The Morgan fingerprint density at radius 1 is 1.23 bits per heavy atom. The number of nitrogens with zero attached hydrogens (tertiary/aromatic N) is 2. The summed E-state index contributed by atoms with van der Waals surface area (Å²) in [6.07, 6.45) is 7.64. The van der Waals surface area contributed by atoms with Gasteiger partial charge in [0.25, 0.3) is 0 Å². The number of H-pyrrole nitrogens is 1. The molecule has 130 valence electrons. The Morgan fingerprint density at radius 3 is 2.92 bits per heavy atom. The third-order valence-electron chi connectivity index (χ3n) is 4.90. The Balaban J connectivity index is 1.53. The van der Waals surface area contributed by atoms with Crippen LogP contribution in [0.15, 0.2) is 48.9 Å². The van der Waals surface area contributed by atoms with E-state index in [0.29, 0.717) is 5.82 Å². The van der Waals surface area contributed by atoms with Crippen LogP contribution < -0.4 is 5.32 Å². The van der Waals surface area contributed by atoms with Gasteiger partial charge in [-0.2, -0.15) is 0 Å². The molecule has 6 heteroatoms. The van der Waals surface area contributed by atoms with Crippen molar-refractivity contribution in [3.05, 3.63) is 54.5 Å². The molecule has 1 saturated carbocycles. The highest BCUT2D eigenvalue weighted by Crippen LogP contribution is 2.31. The van der Waals surface area contributed by atoms with Crippen molar-refractivity contribution in [2.75, 3.05) is 5.32 Å². The number of pyridine rings is 1. The average molecular weight is 346 g/mol. The predicted octanol–water partition coefficient (Wildman–Crippen LogP) is 3.32. The SMILES string of the molecule is O=C(Nc1cn2cc(-c3cc(CO)c4[nH]ccc4c3)ccc2n1)C1CC1.